The number of hydrogen-bond acceptors (Lipinski definition) is 5. The molecule has 1 atom stereocenters. The minimum atomic E-state index is -3.01. The number of sulfone groups is 1. The molecule has 1 aromatic heterocycles. The van der Waals surface area contributed by atoms with Crippen LogP contribution < -0.4 is 10.6 Å². The van der Waals surface area contributed by atoms with Gasteiger partial charge in [-0.1, -0.05) is 6.92 Å². The van der Waals surface area contributed by atoms with Crippen LogP contribution in [0, 0.1) is 0 Å². The fourth-order valence-corrected chi connectivity index (χ4v) is 3.95. The summed E-state index contributed by atoms with van der Waals surface area (Å²) in [7, 11) is -3.01. The molecule has 122 valence electrons. The molecule has 1 aliphatic heterocycles. The lowest BCUT2D eigenvalue weighted by Crippen LogP contribution is -2.37. The van der Waals surface area contributed by atoms with E-state index in [4.69, 9.17) is 4.42 Å². The minimum Gasteiger partial charge on any atom is -0.456 e. The minimum absolute atomic E-state index is 0.00269. The predicted octanol–water partition coefficient (Wildman–Crippen LogP) is 0.265. The zero-order valence-corrected chi connectivity index (χ0v) is 13.2. The molecule has 0 spiro atoms. The van der Waals surface area contributed by atoms with Crippen LogP contribution >= 0.6 is 0 Å². The van der Waals surface area contributed by atoms with Gasteiger partial charge >= 0.3 is 0 Å². The summed E-state index contributed by atoms with van der Waals surface area (Å²) in [5, 5.41) is 5.27. The van der Waals surface area contributed by atoms with Crippen LogP contribution in [0.1, 0.15) is 36.1 Å². The predicted molar refractivity (Wildman–Crippen MR) is 80.2 cm³/mol. The van der Waals surface area contributed by atoms with Crippen LogP contribution in [0.15, 0.2) is 16.5 Å². The Morgan fingerprint density at radius 3 is 2.73 bits per heavy atom. The van der Waals surface area contributed by atoms with Gasteiger partial charge in [-0.05, 0) is 18.6 Å². The third kappa shape index (κ3) is 4.59. The van der Waals surface area contributed by atoms with E-state index < -0.39 is 9.84 Å². The quantitative estimate of drug-likeness (QED) is 0.779. The molecular weight excluding hydrogens is 308 g/mol. The van der Waals surface area contributed by atoms with Crippen molar-refractivity contribution in [3.05, 3.63) is 23.7 Å². The first-order valence-electron chi connectivity index (χ1n) is 7.26. The Morgan fingerprint density at radius 2 is 2.14 bits per heavy atom. The number of carbonyl (C=O) groups excluding carboxylic acids is 2. The Labute approximate surface area is 129 Å². The van der Waals surface area contributed by atoms with E-state index in [2.05, 4.69) is 10.6 Å². The van der Waals surface area contributed by atoms with Crippen LogP contribution in [0.25, 0.3) is 0 Å². The van der Waals surface area contributed by atoms with Gasteiger partial charge in [0.2, 0.25) is 5.91 Å². The maximum atomic E-state index is 11.8. The van der Waals surface area contributed by atoms with Crippen molar-refractivity contribution >= 4 is 21.7 Å². The summed E-state index contributed by atoms with van der Waals surface area (Å²) in [6.45, 7) is 2.10. The van der Waals surface area contributed by atoms with E-state index >= 15 is 0 Å². The highest BCUT2D eigenvalue weighted by Gasteiger charge is 2.28. The first-order valence-corrected chi connectivity index (χ1v) is 9.08. The number of hydrogen-bond donors (Lipinski definition) is 2. The van der Waals surface area contributed by atoms with E-state index in [0.717, 1.165) is 5.76 Å². The highest BCUT2D eigenvalue weighted by molar-refractivity contribution is 7.91. The highest BCUT2D eigenvalue weighted by atomic mass is 32.2. The second-order valence-electron chi connectivity index (χ2n) is 5.29. The third-order valence-corrected chi connectivity index (χ3v) is 5.24. The molecule has 2 rings (SSSR count). The summed E-state index contributed by atoms with van der Waals surface area (Å²) in [6, 6.07) is 3.02. The number of amides is 2. The van der Waals surface area contributed by atoms with Crippen LogP contribution in [0.3, 0.4) is 0 Å². The average molecular weight is 328 g/mol. The normalized spacial score (nSPS) is 19.8. The molecule has 1 saturated heterocycles. The molecule has 1 fully saturated rings. The summed E-state index contributed by atoms with van der Waals surface area (Å²) in [5.74, 6) is 0.432. The van der Waals surface area contributed by atoms with Gasteiger partial charge in [0, 0.05) is 25.4 Å². The number of nitrogens with one attached hydrogen (secondary N) is 2. The summed E-state index contributed by atoms with van der Waals surface area (Å²) < 4.78 is 27.9. The van der Waals surface area contributed by atoms with Gasteiger partial charge in [0.1, 0.15) is 5.76 Å². The van der Waals surface area contributed by atoms with Crippen LogP contribution in [0.2, 0.25) is 0 Å². The molecule has 2 heterocycles. The third-order valence-electron chi connectivity index (χ3n) is 3.47. The second-order valence-corrected chi connectivity index (χ2v) is 7.52. The Balaban J connectivity index is 1.69. The van der Waals surface area contributed by atoms with Crippen LogP contribution in [0.4, 0.5) is 0 Å². The number of carbonyl (C=O) groups is 2. The van der Waals surface area contributed by atoms with E-state index in [-0.39, 0.29) is 48.1 Å². The lowest BCUT2D eigenvalue weighted by Gasteiger charge is -2.10. The molecule has 22 heavy (non-hydrogen) atoms. The van der Waals surface area contributed by atoms with Gasteiger partial charge in [-0.2, -0.15) is 0 Å². The van der Waals surface area contributed by atoms with Crippen LogP contribution in [-0.2, 0) is 21.1 Å². The lowest BCUT2D eigenvalue weighted by molar-refractivity contribution is -0.121. The van der Waals surface area contributed by atoms with Gasteiger partial charge in [-0.15, -0.1) is 0 Å². The Kier molecular flexibility index (Phi) is 5.23. The Bertz CT molecular complexity index is 650. The maximum Gasteiger partial charge on any atom is 0.287 e. The van der Waals surface area contributed by atoms with Crippen LogP contribution in [0.5, 0.6) is 0 Å². The standard InChI is InChI=1S/C14H20N2O5S/c1-2-11-3-4-12(21-11)14(18)15-7-5-13(17)16-10-6-8-22(19,20)9-10/h3-4,10H,2,5-9H2,1H3,(H,15,18)(H,16,17). The van der Waals surface area contributed by atoms with Gasteiger partial charge in [0.25, 0.3) is 5.91 Å². The van der Waals surface area contributed by atoms with Gasteiger partial charge in [0.15, 0.2) is 15.6 Å². The fraction of sp³-hybridized carbons (Fsp3) is 0.571. The van der Waals surface area contributed by atoms with E-state index in [1.54, 1.807) is 12.1 Å². The molecule has 0 aliphatic carbocycles. The van der Waals surface area contributed by atoms with Crippen LogP contribution in [-0.4, -0.2) is 44.3 Å². The fourth-order valence-electron chi connectivity index (χ4n) is 2.28. The van der Waals surface area contributed by atoms with Gasteiger partial charge in [0.05, 0.1) is 11.5 Å². The van der Waals surface area contributed by atoms with E-state index in [1.807, 2.05) is 6.92 Å². The number of furan rings is 1. The molecule has 2 amide bonds. The zero-order chi connectivity index (χ0) is 16.2. The van der Waals surface area contributed by atoms with Crippen molar-refractivity contribution in [1.82, 2.24) is 10.6 Å². The molecule has 0 aromatic carbocycles. The summed E-state index contributed by atoms with van der Waals surface area (Å²) in [6.07, 6.45) is 1.26. The van der Waals surface area contributed by atoms with Gasteiger partial charge in [-0.3, -0.25) is 9.59 Å². The van der Waals surface area contributed by atoms with Crippen molar-refractivity contribution in [2.75, 3.05) is 18.1 Å². The smallest absolute Gasteiger partial charge is 0.287 e. The topological polar surface area (TPSA) is 105 Å². The Hall–Kier alpha value is -1.83. The van der Waals surface area contributed by atoms with E-state index in [0.29, 0.717) is 12.8 Å². The van der Waals surface area contributed by atoms with Crippen molar-refractivity contribution in [2.45, 2.75) is 32.2 Å². The number of aryl methyl sites for hydroxylation is 1. The molecule has 7 nitrogen and oxygen atoms in total. The SMILES string of the molecule is CCc1ccc(C(=O)NCCC(=O)NC2CCS(=O)(=O)C2)o1. The van der Waals surface area contributed by atoms with Crippen molar-refractivity contribution in [2.24, 2.45) is 0 Å². The molecule has 2 N–H and O–H groups in total. The average Bonchev–Trinajstić information content (AvgIpc) is 3.05. The van der Waals surface area contributed by atoms with Crippen molar-refractivity contribution in [3.8, 4) is 0 Å². The van der Waals surface area contributed by atoms with E-state index in [9.17, 15) is 18.0 Å². The summed E-state index contributed by atoms with van der Waals surface area (Å²) in [5.41, 5.74) is 0. The van der Waals surface area contributed by atoms with Gasteiger partial charge < -0.3 is 15.1 Å². The molecule has 8 heteroatoms. The lowest BCUT2D eigenvalue weighted by atomic mass is 10.2. The van der Waals surface area contributed by atoms with Crippen molar-refractivity contribution in [1.29, 1.82) is 0 Å². The first kappa shape index (κ1) is 16.5. The molecule has 1 aliphatic rings. The molecular formula is C14H20N2O5S. The van der Waals surface area contributed by atoms with E-state index in [1.165, 1.54) is 0 Å². The summed E-state index contributed by atoms with van der Waals surface area (Å²) in [4.78, 5) is 23.5. The van der Waals surface area contributed by atoms with Crippen molar-refractivity contribution < 1.29 is 22.4 Å². The molecule has 1 unspecified atom stereocenters. The summed E-state index contributed by atoms with van der Waals surface area (Å²) >= 11 is 0. The maximum absolute atomic E-state index is 11.8. The largest absolute Gasteiger partial charge is 0.456 e. The molecule has 0 saturated carbocycles. The van der Waals surface area contributed by atoms with Crippen molar-refractivity contribution in [3.63, 3.8) is 0 Å². The molecule has 0 radical (unpaired) electrons. The zero-order valence-electron chi connectivity index (χ0n) is 12.4. The molecule has 0 bridgehead atoms. The molecule has 1 aromatic rings. The Morgan fingerprint density at radius 1 is 1.36 bits per heavy atom. The van der Waals surface area contributed by atoms with Gasteiger partial charge in [-0.25, -0.2) is 8.42 Å². The first-order chi connectivity index (χ1) is 10.4. The number of rotatable bonds is 6. The second kappa shape index (κ2) is 6.95. The highest BCUT2D eigenvalue weighted by Crippen LogP contribution is 2.11. The monoisotopic (exact) mass is 328 g/mol.